The molecule has 1 saturated carbocycles. The van der Waals surface area contributed by atoms with Crippen LogP contribution in [0.3, 0.4) is 0 Å². The van der Waals surface area contributed by atoms with E-state index in [2.05, 4.69) is 11.5 Å². The zero-order valence-electron chi connectivity index (χ0n) is 20.8. The molecular weight excluding hydrogens is 456 g/mol. The fourth-order valence-corrected chi connectivity index (χ4v) is 7.46. The minimum atomic E-state index is -0.314. The van der Waals surface area contributed by atoms with E-state index in [4.69, 9.17) is 13.9 Å². The van der Waals surface area contributed by atoms with Crippen molar-refractivity contribution in [2.75, 3.05) is 20.1 Å². The molecule has 1 aromatic heterocycles. The fourth-order valence-electron chi connectivity index (χ4n) is 7.46. The summed E-state index contributed by atoms with van der Waals surface area (Å²) in [4.78, 5) is 29.5. The number of nitrogens with zero attached hydrogens (tertiary/aromatic N) is 2. The first-order valence-electron chi connectivity index (χ1n) is 12.8. The van der Waals surface area contributed by atoms with Crippen LogP contribution in [0, 0.1) is 5.92 Å². The molecule has 3 heterocycles. The van der Waals surface area contributed by atoms with E-state index < -0.39 is 0 Å². The van der Waals surface area contributed by atoms with Crippen LogP contribution in [0.5, 0.6) is 11.5 Å². The van der Waals surface area contributed by atoms with E-state index in [0.717, 1.165) is 55.6 Å². The first-order valence-corrected chi connectivity index (χ1v) is 12.8. The molecule has 2 aromatic rings. The van der Waals surface area contributed by atoms with Gasteiger partial charge in [-0.15, -0.1) is 6.58 Å². The van der Waals surface area contributed by atoms with Crippen molar-refractivity contribution in [3.8, 4) is 11.5 Å². The van der Waals surface area contributed by atoms with Crippen molar-refractivity contribution in [3.05, 3.63) is 66.1 Å². The number of hydrogen-bond donors (Lipinski definition) is 0. The molecule has 5 atom stereocenters. The summed E-state index contributed by atoms with van der Waals surface area (Å²) in [6.07, 6.45) is 12.1. The van der Waals surface area contributed by atoms with Gasteiger partial charge >= 0.3 is 5.97 Å². The molecule has 1 amide bonds. The van der Waals surface area contributed by atoms with Gasteiger partial charge in [-0.1, -0.05) is 6.08 Å². The lowest BCUT2D eigenvalue weighted by atomic mass is 9.51. The number of benzene rings is 1. The third-order valence-electron chi connectivity index (χ3n) is 8.83. The maximum atomic E-state index is 13.2. The summed E-state index contributed by atoms with van der Waals surface area (Å²) in [7, 11) is 1.88. The number of likely N-dealkylation sites (tertiary alicyclic amines) is 1. The molecule has 4 aliphatic rings. The molecular formula is C29H32N2O5. The highest BCUT2D eigenvalue weighted by Crippen LogP contribution is 2.63. The molecule has 36 heavy (non-hydrogen) atoms. The summed E-state index contributed by atoms with van der Waals surface area (Å²) in [5, 5.41) is 0. The number of carbonyl (C=O) groups is 2. The first kappa shape index (κ1) is 23.1. The zero-order valence-corrected chi connectivity index (χ0v) is 20.8. The maximum Gasteiger partial charge on any atom is 0.308 e. The van der Waals surface area contributed by atoms with Crippen molar-refractivity contribution in [2.24, 2.45) is 5.92 Å². The molecule has 0 unspecified atom stereocenters. The predicted molar refractivity (Wildman–Crippen MR) is 135 cm³/mol. The second kappa shape index (κ2) is 8.66. The smallest absolute Gasteiger partial charge is 0.308 e. The van der Waals surface area contributed by atoms with Gasteiger partial charge in [0.15, 0.2) is 0 Å². The van der Waals surface area contributed by atoms with Gasteiger partial charge in [0.2, 0.25) is 5.91 Å². The van der Waals surface area contributed by atoms with Crippen LogP contribution in [0.1, 0.15) is 42.9 Å². The quantitative estimate of drug-likeness (QED) is 0.265. The largest absolute Gasteiger partial charge is 0.487 e. The Kier molecular flexibility index (Phi) is 5.56. The van der Waals surface area contributed by atoms with Gasteiger partial charge in [-0.3, -0.25) is 14.5 Å². The van der Waals surface area contributed by atoms with Crippen LogP contribution in [0.15, 0.2) is 53.9 Å². The molecule has 2 aliphatic carbocycles. The Morgan fingerprint density at radius 3 is 2.92 bits per heavy atom. The SMILES string of the molecule is C=CCN1CC[C@@]23c4c5ccc(OC(C)=O)c4C[C@@H]1[C@@H]2CC[C@H](N(C)C(=O)/C=C/c1ccoc1)[C@@H]3O5. The molecule has 0 N–H and O–H groups in total. The molecule has 0 radical (unpaired) electrons. The molecule has 2 fully saturated rings. The lowest BCUT2D eigenvalue weighted by Gasteiger charge is -2.60. The van der Waals surface area contributed by atoms with Gasteiger partial charge in [-0.25, -0.2) is 0 Å². The Hall–Kier alpha value is -3.32. The van der Waals surface area contributed by atoms with Crippen molar-refractivity contribution >= 4 is 18.0 Å². The lowest BCUT2D eigenvalue weighted by Crippen LogP contribution is -2.68. The van der Waals surface area contributed by atoms with Gasteiger partial charge in [0, 0.05) is 54.7 Å². The van der Waals surface area contributed by atoms with Crippen LogP contribution in [0.2, 0.25) is 0 Å². The highest BCUT2D eigenvalue weighted by molar-refractivity contribution is 5.91. The minimum Gasteiger partial charge on any atom is -0.487 e. The van der Waals surface area contributed by atoms with Gasteiger partial charge in [0.1, 0.15) is 17.6 Å². The Morgan fingerprint density at radius 1 is 1.31 bits per heavy atom. The molecule has 7 heteroatoms. The van der Waals surface area contributed by atoms with Gasteiger partial charge in [0.05, 0.1) is 18.6 Å². The van der Waals surface area contributed by atoms with Gasteiger partial charge < -0.3 is 18.8 Å². The van der Waals surface area contributed by atoms with Gasteiger partial charge in [-0.2, -0.15) is 0 Å². The van der Waals surface area contributed by atoms with Crippen LogP contribution in [0.25, 0.3) is 6.08 Å². The molecule has 2 bridgehead atoms. The lowest BCUT2D eigenvalue weighted by molar-refractivity contribution is -0.135. The van der Waals surface area contributed by atoms with Crippen LogP contribution in [0.4, 0.5) is 0 Å². The molecule has 188 valence electrons. The van der Waals surface area contributed by atoms with Crippen LogP contribution >= 0.6 is 0 Å². The van der Waals surface area contributed by atoms with Crippen molar-refractivity contribution in [1.82, 2.24) is 9.80 Å². The van der Waals surface area contributed by atoms with Crippen LogP contribution < -0.4 is 9.47 Å². The minimum absolute atomic E-state index is 0.0483. The highest BCUT2D eigenvalue weighted by atomic mass is 16.5. The number of furan rings is 1. The number of piperidine rings is 1. The number of esters is 1. The van der Waals surface area contributed by atoms with Crippen molar-refractivity contribution < 1.29 is 23.5 Å². The summed E-state index contributed by atoms with van der Waals surface area (Å²) >= 11 is 0. The van der Waals surface area contributed by atoms with Crippen LogP contribution in [-0.4, -0.2) is 60.0 Å². The van der Waals surface area contributed by atoms with Crippen LogP contribution in [-0.2, 0) is 21.4 Å². The van der Waals surface area contributed by atoms with Gasteiger partial charge in [0.25, 0.3) is 0 Å². The average Bonchev–Trinajstić information content (AvgIpc) is 3.49. The van der Waals surface area contributed by atoms with Crippen molar-refractivity contribution in [3.63, 3.8) is 0 Å². The number of carbonyl (C=O) groups excluding carboxylic acids is 2. The third kappa shape index (κ3) is 3.36. The second-order valence-corrected chi connectivity index (χ2v) is 10.5. The number of amides is 1. The molecule has 1 spiro atoms. The maximum absolute atomic E-state index is 13.2. The van der Waals surface area contributed by atoms with Crippen molar-refractivity contribution in [2.45, 2.75) is 56.2 Å². The monoisotopic (exact) mass is 488 g/mol. The van der Waals surface area contributed by atoms with E-state index in [1.54, 1.807) is 24.7 Å². The number of ether oxygens (including phenoxy) is 2. The normalized spacial score (nSPS) is 29.9. The summed E-state index contributed by atoms with van der Waals surface area (Å²) in [6, 6.07) is 5.92. The average molecular weight is 489 g/mol. The summed E-state index contributed by atoms with van der Waals surface area (Å²) in [6.45, 7) is 7.22. The van der Waals surface area contributed by atoms with E-state index in [9.17, 15) is 9.59 Å². The first-order chi connectivity index (χ1) is 17.4. The van der Waals surface area contributed by atoms with E-state index in [-0.39, 0.29) is 29.4 Å². The zero-order chi connectivity index (χ0) is 25.0. The van der Waals surface area contributed by atoms with E-state index in [1.807, 2.05) is 36.2 Å². The summed E-state index contributed by atoms with van der Waals surface area (Å²) in [5.41, 5.74) is 2.96. The molecule has 2 aliphatic heterocycles. The number of hydrogen-bond acceptors (Lipinski definition) is 6. The van der Waals surface area contributed by atoms with E-state index in [0.29, 0.717) is 17.7 Å². The summed E-state index contributed by atoms with van der Waals surface area (Å²) in [5.74, 6) is 1.58. The Bertz CT molecular complexity index is 1230. The topological polar surface area (TPSA) is 72.2 Å². The molecule has 7 nitrogen and oxygen atoms in total. The Morgan fingerprint density at radius 2 is 2.17 bits per heavy atom. The number of rotatable bonds is 6. The molecule has 1 aromatic carbocycles. The fraction of sp³-hybridized carbons (Fsp3) is 0.448. The van der Waals surface area contributed by atoms with E-state index >= 15 is 0 Å². The Labute approximate surface area is 211 Å². The molecule has 6 rings (SSSR count). The number of likely N-dealkylation sites (N-methyl/N-ethyl adjacent to an activating group) is 1. The van der Waals surface area contributed by atoms with E-state index in [1.165, 1.54) is 12.5 Å². The second-order valence-electron chi connectivity index (χ2n) is 10.5. The highest BCUT2D eigenvalue weighted by Gasteiger charge is 2.66. The third-order valence-corrected chi connectivity index (χ3v) is 8.83. The van der Waals surface area contributed by atoms with Gasteiger partial charge in [-0.05, 0) is 62.4 Å². The molecule has 1 saturated heterocycles. The van der Waals surface area contributed by atoms with Crippen molar-refractivity contribution in [1.29, 1.82) is 0 Å². The standard InChI is InChI=1S/C29H32N2O5/c1-4-13-31-14-12-29-21-6-7-22(30(3)26(33)10-5-19-11-15-34-17-19)28(29)36-25-9-8-24(35-18(2)32)20(27(25)29)16-23(21)31/h4-5,8-11,15,17,21-23,28H,1,6-7,12-14,16H2,2-3H3/b10-5+/t21-,22-,23+,28-,29-/m0/s1. The Balaban J connectivity index is 1.39. The summed E-state index contributed by atoms with van der Waals surface area (Å²) < 4.78 is 17.6. The predicted octanol–water partition coefficient (Wildman–Crippen LogP) is 3.97.